The molecule has 2 saturated heterocycles. The number of carbonyl (C=O) groups excluding carboxylic acids is 1. The summed E-state index contributed by atoms with van der Waals surface area (Å²) in [7, 11) is 2.06. The van der Waals surface area contributed by atoms with Crippen molar-refractivity contribution in [1.29, 1.82) is 5.26 Å². The molecule has 1 amide bonds. The summed E-state index contributed by atoms with van der Waals surface area (Å²) < 4.78 is 27.0. The third kappa shape index (κ3) is 5.81. The van der Waals surface area contributed by atoms with E-state index in [0.717, 1.165) is 19.4 Å². The largest absolute Gasteiger partial charge is 0.462 e. The number of carbonyl (C=O) groups is 1. The first-order valence-electron chi connectivity index (χ1n) is 12.2. The van der Waals surface area contributed by atoms with Crippen LogP contribution < -0.4 is 9.64 Å². The van der Waals surface area contributed by atoms with Crippen LogP contribution in [0.25, 0.3) is 10.9 Å². The van der Waals surface area contributed by atoms with Crippen LogP contribution in [-0.2, 0) is 4.74 Å². The molecule has 0 saturated carbocycles. The zero-order chi connectivity index (χ0) is 26.0. The van der Waals surface area contributed by atoms with Crippen LogP contribution in [0, 0.1) is 17.1 Å². The molecule has 2 atom stereocenters. The topological polar surface area (TPSA) is 94.8 Å². The first kappa shape index (κ1) is 26.4. The lowest BCUT2D eigenvalue weighted by molar-refractivity contribution is 0.0145. The van der Waals surface area contributed by atoms with Gasteiger partial charge in [0.25, 0.3) is 0 Å². The molecule has 0 aliphatic carbocycles. The molecule has 0 bridgehead atoms. The van der Waals surface area contributed by atoms with Crippen molar-refractivity contribution in [3.63, 3.8) is 0 Å². The summed E-state index contributed by atoms with van der Waals surface area (Å²) >= 11 is 3.25. The minimum Gasteiger partial charge on any atom is -0.462 e. The highest BCUT2D eigenvalue weighted by Crippen LogP contribution is 2.33. The Bertz CT molecular complexity index is 1170. The van der Waals surface area contributed by atoms with Crippen LogP contribution in [0.5, 0.6) is 6.01 Å². The first-order chi connectivity index (χ1) is 17.1. The Morgan fingerprint density at radius 1 is 1.25 bits per heavy atom. The van der Waals surface area contributed by atoms with Crippen LogP contribution in [0.3, 0.4) is 0 Å². The molecule has 2 aliphatic rings. The summed E-state index contributed by atoms with van der Waals surface area (Å²) in [5.74, 6) is 0.0351. The Morgan fingerprint density at radius 2 is 2.03 bits per heavy atom. The van der Waals surface area contributed by atoms with E-state index in [1.165, 1.54) is 0 Å². The van der Waals surface area contributed by atoms with Gasteiger partial charge in [0.2, 0.25) is 0 Å². The van der Waals surface area contributed by atoms with Crippen LogP contribution in [0.4, 0.5) is 15.0 Å². The van der Waals surface area contributed by atoms with Crippen molar-refractivity contribution in [3.8, 4) is 12.1 Å². The summed E-state index contributed by atoms with van der Waals surface area (Å²) in [5.41, 5.74) is -0.478. The van der Waals surface area contributed by atoms with Gasteiger partial charge in [-0.05, 0) is 75.3 Å². The molecule has 3 heterocycles. The predicted molar refractivity (Wildman–Crippen MR) is 138 cm³/mol. The van der Waals surface area contributed by atoms with Crippen LogP contribution >= 0.6 is 15.9 Å². The van der Waals surface area contributed by atoms with Gasteiger partial charge < -0.3 is 24.2 Å². The third-order valence-corrected chi connectivity index (χ3v) is 7.14. The van der Waals surface area contributed by atoms with Gasteiger partial charge in [-0.2, -0.15) is 15.2 Å². The Labute approximate surface area is 219 Å². The van der Waals surface area contributed by atoms with Crippen LogP contribution in [0.2, 0.25) is 0 Å². The molecular formula is C25H32BrFN6O3. The number of hydrogen-bond acceptors (Lipinski definition) is 8. The number of ether oxygens (including phenoxy) is 2. The first-order valence-corrected chi connectivity index (χ1v) is 13.0. The highest BCUT2D eigenvalue weighted by Gasteiger charge is 2.35. The minimum absolute atomic E-state index is 0.112. The van der Waals surface area contributed by atoms with Gasteiger partial charge in [-0.25, -0.2) is 9.18 Å². The van der Waals surface area contributed by atoms with E-state index in [0.29, 0.717) is 41.9 Å². The van der Waals surface area contributed by atoms with Gasteiger partial charge in [-0.1, -0.05) is 0 Å². The number of benzene rings is 1. The minimum atomic E-state index is -0.640. The molecule has 194 valence electrons. The van der Waals surface area contributed by atoms with Crippen molar-refractivity contribution in [2.24, 2.45) is 0 Å². The number of fused-ring (bicyclic) bond motifs is 1. The lowest BCUT2D eigenvalue weighted by Crippen LogP contribution is -2.56. The number of nitrogens with zero attached hydrogens (tertiary/aromatic N) is 6. The normalized spacial score (nSPS) is 21.0. The molecule has 4 rings (SSSR count). The number of amides is 1. The van der Waals surface area contributed by atoms with E-state index in [-0.39, 0.29) is 24.0 Å². The summed E-state index contributed by atoms with van der Waals surface area (Å²) in [6.45, 7) is 8.00. The van der Waals surface area contributed by atoms with Gasteiger partial charge >= 0.3 is 12.1 Å². The van der Waals surface area contributed by atoms with Gasteiger partial charge in [0.05, 0.1) is 23.0 Å². The molecule has 2 fully saturated rings. The molecule has 2 aliphatic heterocycles. The van der Waals surface area contributed by atoms with E-state index in [1.54, 1.807) is 17.0 Å². The van der Waals surface area contributed by atoms with Gasteiger partial charge in [-0.15, -0.1) is 0 Å². The van der Waals surface area contributed by atoms with E-state index in [9.17, 15) is 10.1 Å². The average Bonchev–Trinajstić information content (AvgIpc) is 3.23. The summed E-state index contributed by atoms with van der Waals surface area (Å²) in [6.07, 6.45) is 1.82. The second kappa shape index (κ2) is 10.7. The zero-order valence-corrected chi connectivity index (χ0v) is 22.7. The lowest BCUT2D eigenvalue weighted by atomic mass is 10.1. The van der Waals surface area contributed by atoms with E-state index in [4.69, 9.17) is 9.47 Å². The second-order valence-electron chi connectivity index (χ2n) is 10.3. The quantitative estimate of drug-likeness (QED) is 0.531. The van der Waals surface area contributed by atoms with Gasteiger partial charge in [0.15, 0.2) is 5.82 Å². The molecule has 9 nitrogen and oxygen atoms in total. The number of piperazine rings is 1. The molecule has 1 aromatic carbocycles. The smallest absolute Gasteiger partial charge is 0.410 e. The molecule has 0 N–H and O–H groups in total. The van der Waals surface area contributed by atoms with Crippen LogP contribution in [0.15, 0.2) is 16.6 Å². The lowest BCUT2D eigenvalue weighted by Gasteiger charge is -2.41. The van der Waals surface area contributed by atoms with Crippen molar-refractivity contribution >= 4 is 38.7 Å². The number of hydrogen-bond donors (Lipinski definition) is 0. The zero-order valence-electron chi connectivity index (χ0n) is 21.1. The summed E-state index contributed by atoms with van der Waals surface area (Å²) in [5, 5.41) is 9.98. The number of rotatable bonds is 5. The highest BCUT2D eigenvalue weighted by atomic mass is 79.9. The van der Waals surface area contributed by atoms with Crippen molar-refractivity contribution < 1.29 is 18.7 Å². The number of nitriles is 1. The van der Waals surface area contributed by atoms with Crippen molar-refractivity contribution in [2.45, 2.75) is 57.7 Å². The Balaban J connectivity index is 1.64. The molecule has 0 radical (unpaired) electrons. The molecule has 11 heteroatoms. The summed E-state index contributed by atoms with van der Waals surface area (Å²) in [4.78, 5) is 27.7. The SMILES string of the molecule is CN1CCCC1COc1nc(N2CCN(C(=O)OC(C)(C)C)C(CC#N)C2)c2ccc(Br)c(F)c2n1. The average molecular weight is 563 g/mol. The number of halogens is 2. The van der Waals surface area contributed by atoms with E-state index >= 15 is 4.39 Å². The maximum Gasteiger partial charge on any atom is 0.410 e. The maximum absolute atomic E-state index is 15.1. The molecule has 2 aromatic rings. The predicted octanol–water partition coefficient (Wildman–Crippen LogP) is 4.34. The Kier molecular flexibility index (Phi) is 7.85. The van der Waals surface area contributed by atoms with Gasteiger partial charge in [0, 0.05) is 31.1 Å². The Hall–Kier alpha value is -2.71. The second-order valence-corrected chi connectivity index (χ2v) is 11.2. The van der Waals surface area contributed by atoms with E-state index in [1.807, 2.05) is 25.7 Å². The van der Waals surface area contributed by atoms with Gasteiger partial charge in [0.1, 0.15) is 23.5 Å². The van der Waals surface area contributed by atoms with Gasteiger partial charge in [-0.3, -0.25) is 0 Å². The van der Waals surface area contributed by atoms with Crippen LogP contribution in [0.1, 0.15) is 40.0 Å². The maximum atomic E-state index is 15.1. The monoisotopic (exact) mass is 562 g/mol. The highest BCUT2D eigenvalue weighted by molar-refractivity contribution is 9.10. The van der Waals surface area contributed by atoms with Crippen molar-refractivity contribution in [3.05, 3.63) is 22.4 Å². The van der Waals surface area contributed by atoms with Crippen LogP contribution in [-0.4, -0.2) is 83.4 Å². The molecule has 2 unspecified atom stereocenters. The molecular weight excluding hydrogens is 531 g/mol. The fourth-order valence-electron chi connectivity index (χ4n) is 4.66. The van der Waals surface area contributed by atoms with Crippen molar-refractivity contribution in [1.82, 2.24) is 19.8 Å². The van der Waals surface area contributed by atoms with E-state index in [2.05, 4.69) is 43.9 Å². The fourth-order valence-corrected chi connectivity index (χ4v) is 4.98. The number of anilines is 1. The van der Waals surface area contributed by atoms with Crippen molar-refractivity contribution in [2.75, 3.05) is 44.7 Å². The number of aromatic nitrogens is 2. The summed E-state index contributed by atoms with van der Waals surface area (Å²) in [6, 6.07) is 5.54. The standard InChI is InChI=1S/C25H32BrFN6O3/c1-25(2,3)36-24(34)33-13-12-32(14-16(33)9-10-28)22-18-7-8-19(26)20(27)21(18)29-23(30-22)35-15-17-6-5-11-31(17)4/h7-8,16-17H,5-6,9,11-15H2,1-4H3. The van der Waals surface area contributed by atoms with E-state index < -0.39 is 23.6 Å². The number of likely N-dealkylation sites (tertiary alicyclic amines) is 1. The molecule has 1 aromatic heterocycles. The Morgan fingerprint density at radius 3 is 2.69 bits per heavy atom. The molecule has 36 heavy (non-hydrogen) atoms. The fraction of sp³-hybridized carbons (Fsp3) is 0.600. The number of likely N-dealkylation sites (N-methyl/N-ethyl adjacent to an activating group) is 1. The third-order valence-electron chi connectivity index (χ3n) is 6.53. The molecule has 0 spiro atoms.